The maximum Gasteiger partial charge on any atom is 0.327 e. The standard InChI is InChI=1S/C11H11N3O4/c1-5(2)8(11(17)18)14-9(15)6-7(10(14)16)13-4-3-12-6/h3-5,8H,1-2H3,(H,17,18)/t8-/m1/s1. The molecule has 0 fully saturated rings. The summed E-state index contributed by atoms with van der Waals surface area (Å²) in [6.07, 6.45) is 2.58. The van der Waals surface area contributed by atoms with Gasteiger partial charge in [-0.1, -0.05) is 13.8 Å². The number of carboxylic acid groups (broad SMARTS) is 1. The summed E-state index contributed by atoms with van der Waals surface area (Å²) in [4.78, 5) is 43.4. The minimum Gasteiger partial charge on any atom is -0.480 e. The van der Waals surface area contributed by atoms with Crippen molar-refractivity contribution in [3.63, 3.8) is 0 Å². The van der Waals surface area contributed by atoms with Gasteiger partial charge in [-0.25, -0.2) is 14.8 Å². The van der Waals surface area contributed by atoms with Gasteiger partial charge in [0.15, 0.2) is 11.4 Å². The van der Waals surface area contributed by atoms with Crippen molar-refractivity contribution in [3.05, 3.63) is 23.8 Å². The van der Waals surface area contributed by atoms with Gasteiger partial charge >= 0.3 is 5.97 Å². The third-order valence-corrected chi connectivity index (χ3v) is 2.70. The summed E-state index contributed by atoms with van der Waals surface area (Å²) < 4.78 is 0. The van der Waals surface area contributed by atoms with E-state index in [4.69, 9.17) is 5.11 Å². The highest BCUT2D eigenvalue weighted by Crippen LogP contribution is 2.24. The number of imide groups is 1. The molecule has 0 radical (unpaired) electrons. The molecule has 1 aromatic rings. The Bertz CT molecular complexity index is 506. The molecule has 2 amide bonds. The van der Waals surface area contributed by atoms with Crippen molar-refractivity contribution in [2.45, 2.75) is 19.9 Å². The lowest BCUT2D eigenvalue weighted by Gasteiger charge is -2.24. The van der Waals surface area contributed by atoms with Crippen LogP contribution in [0.4, 0.5) is 0 Å². The normalized spacial score (nSPS) is 16.1. The number of aromatic nitrogens is 2. The maximum absolute atomic E-state index is 12.0. The fraction of sp³-hybridized carbons (Fsp3) is 0.364. The number of fused-ring (bicyclic) bond motifs is 1. The SMILES string of the molecule is CC(C)[C@H](C(=O)O)N1C(=O)c2nccnc2C1=O. The number of rotatable bonds is 3. The fourth-order valence-electron chi connectivity index (χ4n) is 1.92. The zero-order valence-corrected chi connectivity index (χ0v) is 9.82. The van der Waals surface area contributed by atoms with E-state index in [2.05, 4.69) is 9.97 Å². The average Bonchev–Trinajstić information content (AvgIpc) is 2.55. The first-order chi connectivity index (χ1) is 8.45. The number of hydrogen-bond acceptors (Lipinski definition) is 5. The first-order valence-electron chi connectivity index (χ1n) is 5.37. The average molecular weight is 249 g/mol. The summed E-state index contributed by atoms with van der Waals surface area (Å²) >= 11 is 0. The Morgan fingerprint density at radius 1 is 1.17 bits per heavy atom. The van der Waals surface area contributed by atoms with Crippen LogP contribution in [-0.2, 0) is 4.79 Å². The number of carbonyl (C=O) groups is 3. The van der Waals surface area contributed by atoms with Gasteiger partial charge in [-0.05, 0) is 5.92 Å². The van der Waals surface area contributed by atoms with Gasteiger partial charge in [0, 0.05) is 12.4 Å². The van der Waals surface area contributed by atoms with E-state index in [1.54, 1.807) is 13.8 Å². The van der Waals surface area contributed by atoms with Gasteiger partial charge in [0.05, 0.1) is 0 Å². The topological polar surface area (TPSA) is 100 Å². The third kappa shape index (κ3) is 1.64. The van der Waals surface area contributed by atoms with Gasteiger partial charge in [-0.2, -0.15) is 0 Å². The Labute approximate surface area is 102 Å². The van der Waals surface area contributed by atoms with Crippen LogP contribution in [-0.4, -0.2) is 43.8 Å². The molecule has 0 saturated carbocycles. The summed E-state index contributed by atoms with van der Waals surface area (Å²) in [6.45, 7) is 3.26. The summed E-state index contributed by atoms with van der Waals surface area (Å²) in [6, 6.07) is -1.21. The smallest absolute Gasteiger partial charge is 0.327 e. The van der Waals surface area contributed by atoms with Crippen molar-refractivity contribution in [1.29, 1.82) is 0 Å². The quantitative estimate of drug-likeness (QED) is 0.767. The van der Waals surface area contributed by atoms with Crippen molar-refractivity contribution in [2.75, 3.05) is 0 Å². The number of carboxylic acids is 1. The van der Waals surface area contributed by atoms with Crippen molar-refractivity contribution in [3.8, 4) is 0 Å². The minimum atomic E-state index is -1.22. The zero-order valence-electron chi connectivity index (χ0n) is 9.82. The molecule has 7 heteroatoms. The first kappa shape index (κ1) is 12.2. The third-order valence-electron chi connectivity index (χ3n) is 2.70. The highest BCUT2D eigenvalue weighted by Gasteiger charge is 2.45. The molecule has 1 aliphatic rings. The number of aliphatic carboxylic acids is 1. The molecule has 1 aromatic heterocycles. The Hall–Kier alpha value is -2.31. The van der Waals surface area contributed by atoms with Crippen LogP contribution in [0.5, 0.6) is 0 Å². The van der Waals surface area contributed by atoms with Gasteiger partial charge in [-0.15, -0.1) is 0 Å². The van der Waals surface area contributed by atoms with Crippen LogP contribution in [0.1, 0.15) is 34.8 Å². The summed E-state index contributed by atoms with van der Waals surface area (Å²) in [5, 5.41) is 9.13. The Balaban J connectivity index is 2.47. The first-order valence-corrected chi connectivity index (χ1v) is 5.37. The monoisotopic (exact) mass is 249 g/mol. The lowest BCUT2D eigenvalue weighted by atomic mass is 10.0. The van der Waals surface area contributed by atoms with Crippen LogP contribution >= 0.6 is 0 Å². The predicted octanol–water partition coefficient (Wildman–Crippen LogP) is 0.182. The molecule has 0 unspecified atom stereocenters. The summed E-state index contributed by atoms with van der Waals surface area (Å²) in [5.74, 6) is -3.03. The molecule has 1 aliphatic heterocycles. The maximum atomic E-state index is 12.0. The van der Waals surface area contributed by atoms with E-state index in [1.165, 1.54) is 12.4 Å². The van der Waals surface area contributed by atoms with E-state index >= 15 is 0 Å². The summed E-state index contributed by atoms with van der Waals surface area (Å²) in [7, 11) is 0. The second-order valence-electron chi connectivity index (χ2n) is 4.26. The van der Waals surface area contributed by atoms with E-state index in [0.717, 1.165) is 4.90 Å². The fourth-order valence-corrected chi connectivity index (χ4v) is 1.92. The second kappa shape index (κ2) is 4.17. The molecule has 0 spiro atoms. The van der Waals surface area contributed by atoms with E-state index in [9.17, 15) is 14.4 Å². The highest BCUT2D eigenvalue weighted by molar-refractivity contribution is 6.20. The second-order valence-corrected chi connectivity index (χ2v) is 4.26. The van der Waals surface area contributed by atoms with Crippen LogP contribution in [0.3, 0.4) is 0 Å². The van der Waals surface area contributed by atoms with Crippen molar-refractivity contribution >= 4 is 17.8 Å². The Morgan fingerprint density at radius 3 is 1.94 bits per heavy atom. The zero-order chi connectivity index (χ0) is 13.4. The number of carbonyl (C=O) groups excluding carboxylic acids is 2. The molecule has 1 atom stereocenters. The molecule has 0 aromatic carbocycles. The van der Waals surface area contributed by atoms with Crippen LogP contribution in [0.25, 0.3) is 0 Å². The lowest BCUT2D eigenvalue weighted by Crippen LogP contribution is -2.48. The van der Waals surface area contributed by atoms with Gasteiger partial charge < -0.3 is 5.11 Å². The number of amides is 2. The van der Waals surface area contributed by atoms with Crippen molar-refractivity contribution < 1.29 is 19.5 Å². The molecule has 7 nitrogen and oxygen atoms in total. The molecule has 0 saturated heterocycles. The molecule has 0 bridgehead atoms. The lowest BCUT2D eigenvalue weighted by molar-refractivity contribution is -0.143. The van der Waals surface area contributed by atoms with E-state index in [0.29, 0.717) is 0 Å². The van der Waals surface area contributed by atoms with Gasteiger partial charge in [-0.3, -0.25) is 14.5 Å². The van der Waals surface area contributed by atoms with Crippen molar-refractivity contribution in [2.24, 2.45) is 5.92 Å². The molecular weight excluding hydrogens is 238 g/mol. The summed E-state index contributed by atoms with van der Waals surface area (Å²) in [5.41, 5.74) is -0.177. The Kier molecular flexibility index (Phi) is 2.82. The largest absolute Gasteiger partial charge is 0.480 e. The van der Waals surface area contributed by atoms with Gasteiger partial charge in [0.1, 0.15) is 6.04 Å². The van der Waals surface area contributed by atoms with Crippen LogP contribution in [0, 0.1) is 5.92 Å². The van der Waals surface area contributed by atoms with Crippen LogP contribution < -0.4 is 0 Å². The predicted molar refractivity (Wildman–Crippen MR) is 58.8 cm³/mol. The van der Waals surface area contributed by atoms with Gasteiger partial charge in [0.2, 0.25) is 0 Å². The Morgan fingerprint density at radius 2 is 1.61 bits per heavy atom. The molecular formula is C11H11N3O4. The van der Waals surface area contributed by atoms with E-state index < -0.39 is 29.7 Å². The number of hydrogen-bond donors (Lipinski definition) is 1. The molecule has 1 N–H and O–H groups in total. The molecule has 94 valence electrons. The van der Waals surface area contributed by atoms with E-state index in [1.807, 2.05) is 0 Å². The highest BCUT2D eigenvalue weighted by atomic mass is 16.4. The van der Waals surface area contributed by atoms with Crippen molar-refractivity contribution in [1.82, 2.24) is 14.9 Å². The molecule has 2 heterocycles. The van der Waals surface area contributed by atoms with Gasteiger partial charge in [0.25, 0.3) is 11.8 Å². The van der Waals surface area contributed by atoms with Crippen LogP contribution in [0.15, 0.2) is 12.4 Å². The van der Waals surface area contributed by atoms with E-state index in [-0.39, 0.29) is 11.4 Å². The molecule has 2 rings (SSSR count). The molecule has 18 heavy (non-hydrogen) atoms. The minimum absolute atomic E-state index is 0.0885. The van der Waals surface area contributed by atoms with Crippen LogP contribution in [0.2, 0.25) is 0 Å². The number of nitrogens with zero attached hydrogens (tertiary/aromatic N) is 3. The molecule has 0 aliphatic carbocycles.